The molecule has 1 aliphatic rings. The highest BCUT2D eigenvalue weighted by atomic mass is 32.3. The molecule has 0 spiro atoms. The predicted molar refractivity (Wildman–Crippen MR) is 37.0 cm³/mol. The number of rotatable bonds is 1. The third-order valence-corrected chi connectivity index (χ3v) is 2.69. The fourth-order valence-electron chi connectivity index (χ4n) is 1.04. The second kappa shape index (κ2) is 3.04. The van der Waals surface area contributed by atoms with Gasteiger partial charge in [0.1, 0.15) is 0 Å². The van der Waals surface area contributed by atoms with E-state index in [2.05, 4.69) is 0 Å². The third-order valence-electron chi connectivity index (χ3n) is 1.59. The zero-order valence-electron chi connectivity index (χ0n) is 6.16. The summed E-state index contributed by atoms with van der Waals surface area (Å²) in [7, 11) is -4.52. The molecule has 66 valence electrons. The lowest BCUT2D eigenvalue weighted by Gasteiger charge is -2.28. The van der Waals surface area contributed by atoms with Crippen LogP contribution in [-0.2, 0) is 15.1 Å². The molecule has 1 aliphatic heterocycles. The van der Waals surface area contributed by atoms with Crippen molar-refractivity contribution in [3.63, 3.8) is 0 Å². The van der Waals surface area contributed by atoms with E-state index >= 15 is 0 Å². The summed E-state index contributed by atoms with van der Waals surface area (Å²) >= 11 is 0. The van der Waals surface area contributed by atoms with Gasteiger partial charge < -0.3 is 4.74 Å². The second-order valence-corrected chi connectivity index (χ2v) is 3.77. The Morgan fingerprint density at radius 3 is 2.64 bits per heavy atom. The van der Waals surface area contributed by atoms with Crippen LogP contribution in [0.3, 0.4) is 0 Å². The van der Waals surface area contributed by atoms with Gasteiger partial charge >= 0.3 is 10.4 Å². The van der Waals surface area contributed by atoms with Crippen molar-refractivity contribution in [2.45, 2.75) is 13.0 Å². The fraction of sp³-hybridized carbons (Fsp3) is 1.00. The molecule has 1 atom stereocenters. The van der Waals surface area contributed by atoms with Crippen molar-refractivity contribution in [1.82, 2.24) is 4.31 Å². The zero-order valence-corrected chi connectivity index (χ0v) is 6.97. The molecule has 1 fully saturated rings. The van der Waals surface area contributed by atoms with Crippen LogP contribution in [0.15, 0.2) is 0 Å². The SMILES string of the molecule is CC1COCCN1S(=O)(=O)F. The van der Waals surface area contributed by atoms with Crippen molar-refractivity contribution in [3.8, 4) is 0 Å². The van der Waals surface area contributed by atoms with Gasteiger partial charge in [0.15, 0.2) is 0 Å². The molecule has 0 aromatic carbocycles. The summed E-state index contributed by atoms with van der Waals surface area (Å²) in [6, 6.07) is -0.390. The maximum atomic E-state index is 12.4. The summed E-state index contributed by atoms with van der Waals surface area (Å²) in [5.74, 6) is 0. The molecular weight excluding hydrogens is 173 g/mol. The minimum Gasteiger partial charge on any atom is -0.378 e. The molecule has 0 radical (unpaired) electrons. The maximum absolute atomic E-state index is 12.4. The van der Waals surface area contributed by atoms with Crippen LogP contribution in [0.5, 0.6) is 0 Å². The van der Waals surface area contributed by atoms with Crippen LogP contribution in [0.4, 0.5) is 3.89 Å². The lowest BCUT2D eigenvalue weighted by molar-refractivity contribution is 0.0372. The quantitative estimate of drug-likeness (QED) is 0.534. The van der Waals surface area contributed by atoms with Crippen molar-refractivity contribution < 1.29 is 17.0 Å². The Morgan fingerprint density at radius 2 is 2.27 bits per heavy atom. The minimum absolute atomic E-state index is 0.111. The molecule has 0 saturated carbocycles. The molecule has 6 heteroatoms. The zero-order chi connectivity index (χ0) is 8.48. The Labute approximate surface area is 65.3 Å². The van der Waals surface area contributed by atoms with E-state index in [1.54, 1.807) is 6.92 Å². The highest BCUT2D eigenvalue weighted by Gasteiger charge is 2.29. The summed E-state index contributed by atoms with van der Waals surface area (Å²) < 4.78 is 38.9. The largest absolute Gasteiger partial charge is 0.378 e. The summed E-state index contributed by atoms with van der Waals surface area (Å²) in [5.41, 5.74) is 0. The van der Waals surface area contributed by atoms with E-state index in [9.17, 15) is 12.3 Å². The van der Waals surface area contributed by atoms with Gasteiger partial charge in [0.2, 0.25) is 0 Å². The van der Waals surface area contributed by atoms with Gasteiger partial charge in [-0.05, 0) is 6.92 Å². The smallest absolute Gasteiger partial charge is 0.375 e. The van der Waals surface area contributed by atoms with Gasteiger partial charge in [-0.3, -0.25) is 0 Å². The summed E-state index contributed by atoms with van der Waals surface area (Å²) in [6.07, 6.45) is 0. The first-order valence-electron chi connectivity index (χ1n) is 3.31. The third kappa shape index (κ3) is 2.11. The van der Waals surface area contributed by atoms with Gasteiger partial charge in [-0.25, -0.2) is 0 Å². The molecule has 0 amide bonds. The topological polar surface area (TPSA) is 46.6 Å². The van der Waals surface area contributed by atoms with Crippen molar-refractivity contribution in [3.05, 3.63) is 0 Å². The van der Waals surface area contributed by atoms with Crippen LogP contribution in [0.1, 0.15) is 6.92 Å². The lowest BCUT2D eigenvalue weighted by Crippen LogP contribution is -2.45. The monoisotopic (exact) mass is 183 g/mol. The van der Waals surface area contributed by atoms with E-state index in [0.717, 1.165) is 4.31 Å². The standard InChI is InChI=1S/C5H10FNO3S/c1-5-4-10-3-2-7(5)11(6,8)9/h5H,2-4H2,1H3. The number of hydrogen-bond donors (Lipinski definition) is 0. The molecule has 0 bridgehead atoms. The molecular formula is C5H10FNO3S. The van der Waals surface area contributed by atoms with E-state index in [0.29, 0.717) is 0 Å². The second-order valence-electron chi connectivity index (χ2n) is 2.48. The average Bonchev–Trinajstić information content (AvgIpc) is 1.86. The lowest BCUT2D eigenvalue weighted by atomic mass is 10.3. The maximum Gasteiger partial charge on any atom is 0.375 e. The van der Waals surface area contributed by atoms with E-state index in [-0.39, 0.29) is 19.8 Å². The number of nitrogens with zero attached hydrogens (tertiary/aromatic N) is 1. The van der Waals surface area contributed by atoms with Crippen LogP contribution < -0.4 is 0 Å². The van der Waals surface area contributed by atoms with Gasteiger partial charge in [0.05, 0.1) is 13.2 Å². The highest BCUT2D eigenvalue weighted by molar-refractivity contribution is 7.84. The van der Waals surface area contributed by atoms with Gasteiger partial charge in [0, 0.05) is 12.6 Å². The first kappa shape index (κ1) is 8.89. The first-order valence-corrected chi connectivity index (χ1v) is 4.65. The van der Waals surface area contributed by atoms with Gasteiger partial charge in [-0.2, -0.15) is 12.7 Å². The molecule has 0 N–H and O–H groups in total. The predicted octanol–water partition coefficient (Wildman–Crippen LogP) is -0.0786. The van der Waals surface area contributed by atoms with Gasteiger partial charge in [-0.15, -0.1) is 0 Å². The summed E-state index contributed by atoms with van der Waals surface area (Å²) in [4.78, 5) is 0. The molecule has 4 nitrogen and oxygen atoms in total. The van der Waals surface area contributed by atoms with Gasteiger partial charge in [0.25, 0.3) is 0 Å². The number of morpholine rings is 1. The molecule has 0 aliphatic carbocycles. The Balaban J connectivity index is 2.70. The number of hydrogen-bond acceptors (Lipinski definition) is 3. The van der Waals surface area contributed by atoms with Crippen molar-refractivity contribution in [2.24, 2.45) is 0 Å². The van der Waals surface area contributed by atoms with Crippen molar-refractivity contribution >= 4 is 10.4 Å². The normalized spacial score (nSPS) is 28.7. The minimum atomic E-state index is -4.52. The average molecular weight is 183 g/mol. The Hall–Kier alpha value is -0.200. The van der Waals surface area contributed by atoms with Gasteiger partial charge in [-0.1, -0.05) is 3.89 Å². The Bertz CT molecular complexity index is 228. The van der Waals surface area contributed by atoms with Crippen molar-refractivity contribution in [1.29, 1.82) is 0 Å². The Kier molecular flexibility index (Phi) is 2.46. The molecule has 0 aromatic heterocycles. The van der Waals surface area contributed by atoms with Crippen LogP contribution in [-0.4, -0.2) is 38.5 Å². The molecule has 11 heavy (non-hydrogen) atoms. The van der Waals surface area contributed by atoms with Crippen LogP contribution >= 0.6 is 0 Å². The van der Waals surface area contributed by atoms with Crippen molar-refractivity contribution in [2.75, 3.05) is 19.8 Å². The first-order chi connectivity index (χ1) is 5.02. The number of halogens is 1. The summed E-state index contributed by atoms with van der Waals surface area (Å²) in [6.45, 7) is 2.26. The molecule has 1 heterocycles. The molecule has 1 unspecified atom stereocenters. The highest BCUT2D eigenvalue weighted by Crippen LogP contribution is 2.12. The Morgan fingerprint density at radius 1 is 1.64 bits per heavy atom. The fourth-order valence-corrected chi connectivity index (χ4v) is 1.82. The van der Waals surface area contributed by atoms with E-state index < -0.39 is 16.5 Å². The molecule has 1 saturated heterocycles. The van der Waals surface area contributed by atoms with Crippen LogP contribution in [0.2, 0.25) is 0 Å². The van der Waals surface area contributed by atoms with Crippen LogP contribution in [0.25, 0.3) is 0 Å². The van der Waals surface area contributed by atoms with E-state index in [4.69, 9.17) is 4.74 Å². The number of ether oxygens (including phenoxy) is 1. The molecule has 1 rings (SSSR count). The van der Waals surface area contributed by atoms with Crippen LogP contribution in [0, 0.1) is 0 Å². The van der Waals surface area contributed by atoms with E-state index in [1.807, 2.05) is 0 Å². The summed E-state index contributed by atoms with van der Waals surface area (Å²) in [5, 5.41) is 0. The van der Waals surface area contributed by atoms with E-state index in [1.165, 1.54) is 0 Å². The molecule has 0 aromatic rings.